The number of hydrogen-bond acceptors (Lipinski definition) is 2. The van der Waals surface area contributed by atoms with Gasteiger partial charge >= 0.3 is 0 Å². The molecule has 1 aromatic heterocycles. The summed E-state index contributed by atoms with van der Waals surface area (Å²) in [6, 6.07) is 63.9. The molecule has 8 aromatic carbocycles. The van der Waals surface area contributed by atoms with Crippen LogP contribution in [0.2, 0.25) is 0 Å². The molecular weight excluding hydrogens is 575 g/mol. The van der Waals surface area contributed by atoms with Crippen molar-refractivity contribution in [1.82, 2.24) is 0 Å². The van der Waals surface area contributed by atoms with Crippen LogP contribution in [0.4, 0.5) is 17.1 Å². The Morgan fingerprint density at radius 2 is 0.913 bits per heavy atom. The lowest BCUT2D eigenvalue weighted by atomic mass is 9.93. The van der Waals surface area contributed by atoms with Crippen molar-refractivity contribution in [3.05, 3.63) is 176 Å². The molecule has 0 saturated carbocycles. The van der Waals surface area contributed by atoms with Crippen LogP contribution in [0.1, 0.15) is 0 Å². The summed E-state index contributed by atoms with van der Waals surface area (Å²) < 4.78 is 2.65. The molecule has 0 fully saturated rings. The number of anilines is 3. The summed E-state index contributed by atoms with van der Waals surface area (Å²) in [5, 5.41) is 7.69. The van der Waals surface area contributed by atoms with Gasteiger partial charge in [0.25, 0.3) is 0 Å². The van der Waals surface area contributed by atoms with Crippen LogP contribution in [0.25, 0.3) is 64.0 Å². The van der Waals surface area contributed by atoms with Gasteiger partial charge in [-0.1, -0.05) is 127 Å². The van der Waals surface area contributed by atoms with Crippen molar-refractivity contribution in [3.8, 4) is 22.3 Å². The number of hydrogen-bond donors (Lipinski definition) is 0. The van der Waals surface area contributed by atoms with Crippen LogP contribution in [0.5, 0.6) is 0 Å². The maximum absolute atomic E-state index is 2.36. The minimum Gasteiger partial charge on any atom is -0.310 e. The summed E-state index contributed by atoms with van der Waals surface area (Å²) in [5.41, 5.74) is 8.35. The first kappa shape index (κ1) is 26.7. The molecule has 0 spiro atoms. The standard InChI is InChI=1S/C44H29NS/c1-2-10-30(11-3-1)32-18-23-36(24-19-32)45(38-27-20-31-12-4-5-13-34(31)28-38)37-25-21-33(22-26-37)43-39-15-7-6-14-35(39)29-42-44(43)40-16-8-9-17-41(40)46-42/h1-29H. The van der Waals surface area contributed by atoms with Crippen LogP contribution in [-0.4, -0.2) is 0 Å². The quantitative estimate of drug-likeness (QED) is 0.189. The van der Waals surface area contributed by atoms with E-state index in [4.69, 9.17) is 0 Å². The van der Waals surface area contributed by atoms with E-state index >= 15 is 0 Å². The van der Waals surface area contributed by atoms with Gasteiger partial charge in [-0.05, 0) is 92.3 Å². The fourth-order valence-corrected chi connectivity index (χ4v) is 7.99. The Labute approximate surface area is 272 Å². The zero-order valence-corrected chi connectivity index (χ0v) is 25.9. The van der Waals surface area contributed by atoms with E-state index in [9.17, 15) is 0 Å². The van der Waals surface area contributed by atoms with Crippen molar-refractivity contribution in [2.45, 2.75) is 0 Å². The van der Waals surface area contributed by atoms with Crippen LogP contribution >= 0.6 is 11.3 Å². The highest BCUT2D eigenvalue weighted by Crippen LogP contribution is 2.45. The third kappa shape index (κ3) is 4.54. The van der Waals surface area contributed by atoms with Gasteiger partial charge in [0.1, 0.15) is 0 Å². The molecule has 216 valence electrons. The van der Waals surface area contributed by atoms with E-state index in [1.54, 1.807) is 0 Å². The summed E-state index contributed by atoms with van der Waals surface area (Å²) in [7, 11) is 0. The topological polar surface area (TPSA) is 3.24 Å². The van der Waals surface area contributed by atoms with Crippen molar-refractivity contribution in [1.29, 1.82) is 0 Å². The van der Waals surface area contributed by atoms with Gasteiger partial charge in [-0.25, -0.2) is 0 Å². The van der Waals surface area contributed by atoms with Crippen molar-refractivity contribution < 1.29 is 0 Å². The Hall–Kier alpha value is -5.70. The second kappa shape index (κ2) is 11.0. The lowest BCUT2D eigenvalue weighted by molar-refractivity contribution is 1.29. The molecule has 0 aliphatic rings. The number of fused-ring (bicyclic) bond motifs is 5. The molecular formula is C44H29NS. The number of nitrogens with zero attached hydrogens (tertiary/aromatic N) is 1. The largest absolute Gasteiger partial charge is 0.310 e. The summed E-state index contributed by atoms with van der Waals surface area (Å²) in [6.45, 7) is 0. The molecule has 9 aromatic rings. The van der Waals surface area contributed by atoms with Crippen LogP contribution < -0.4 is 4.90 Å². The highest BCUT2D eigenvalue weighted by molar-refractivity contribution is 7.26. The maximum Gasteiger partial charge on any atom is 0.0468 e. The first-order valence-corrected chi connectivity index (χ1v) is 16.5. The zero-order chi connectivity index (χ0) is 30.5. The third-order valence-corrected chi connectivity index (χ3v) is 10.1. The SMILES string of the molecule is c1ccc(-c2ccc(N(c3ccc(-c4c5ccccc5cc5sc6ccccc6c45)cc3)c3ccc4ccccc4c3)cc2)cc1. The lowest BCUT2D eigenvalue weighted by Gasteiger charge is -2.26. The predicted molar refractivity (Wildman–Crippen MR) is 200 cm³/mol. The van der Waals surface area contributed by atoms with Crippen molar-refractivity contribution >= 4 is 70.1 Å². The average Bonchev–Trinajstić information content (AvgIpc) is 3.50. The van der Waals surface area contributed by atoms with Crippen molar-refractivity contribution in [2.75, 3.05) is 4.90 Å². The molecule has 1 heterocycles. The van der Waals surface area contributed by atoms with Gasteiger partial charge in [-0.3, -0.25) is 0 Å². The number of benzene rings is 8. The van der Waals surface area contributed by atoms with Gasteiger partial charge in [0, 0.05) is 37.2 Å². The fourth-order valence-electron chi connectivity index (χ4n) is 6.82. The van der Waals surface area contributed by atoms with Crippen LogP contribution in [-0.2, 0) is 0 Å². The zero-order valence-electron chi connectivity index (χ0n) is 25.1. The van der Waals surface area contributed by atoms with Gasteiger partial charge < -0.3 is 4.90 Å². The Bertz CT molecular complexity index is 2510. The van der Waals surface area contributed by atoms with E-state index in [-0.39, 0.29) is 0 Å². The Morgan fingerprint density at radius 1 is 0.348 bits per heavy atom. The molecule has 1 nitrogen and oxygen atoms in total. The number of rotatable bonds is 5. The van der Waals surface area contributed by atoms with Gasteiger partial charge in [-0.15, -0.1) is 11.3 Å². The lowest BCUT2D eigenvalue weighted by Crippen LogP contribution is -2.09. The second-order valence-electron chi connectivity index (χ2n) is 11.8. The summed E-state index contributed by atoms with van der Waals surface area (Å²) in [6.07, 6.45) is 0. The molecule has 0 unspecified atom stereocenters. The van der Waals surface area contributed by atoms with E-state index in [1.807, 2.05) is 11.3 Å². The second-order valence-corrected chi connectivity index (χ2v) is 12.9. The molecule has 0 amide bonds. The molecule has 0 atom stereocenters. The Kier molecular flexibility index (Phi) is 6.40. The van der Waals surface area contributed by atoms with Crippen LogP contribution in [0, 0.1) is 0 Å². The van der Waals surface area contributed by atoms with Crippen LogP contribution in [0.3, 0.4) is 0 Å². The molecule has 0 bridgehead atoms. The van der Waals surface area contributed by atoms with Gasteiger partial charge in [0.05, 0.1) is 0 Å². The smallest absolute Gasteiger partial charge is 0.0468 e. The molecule has 2 heteroatoms. The fraction of sp³-hybridized carbons (Fsp3) is 0. The van der Waals surface area contributed by atoms with E-state index in [1.165, 1.54) is 64.0 Å². The monoisotopic (exact) mass is 603 g/mol. The maximum atomic E-state index is 2.36. The first-order chi connectivity index (χ1) is 22.8. The summed E-state index contributed by atoms with van der Waals surface area (Å²) in [5.74, 6) is 0. The van der Waals surface area contributed by atoms with Gasteiger partial charge in [-0.2, -0.15) is 0 Å². The summed E-state index contributed by atoms with van der Waals surface area (Å²) >= 11 is 1.88. The summed E-state index contributed by atoms with van der Waals surface area (Å²) in [4.78, 5) is 2.36. The van der Waals surface area contributed by atoms with Crippen molar-refractivity contribution in [2.24, 2.45) is 0 Å². The Morgan fingerprint density at radius 3 is 1.67 bits per heavy atom. The first-order valence-electron chi connectivity index (χ1n) is 15.7. The van der Waals surface area contributed by atoms with Crippen LogP contribution in [0.15, 0.2) is 176 Å². The molecule has 9 rings (SSSR count). The minimum absolute atomic E-state index is 1.12. The molecule has 0 N–H and O–H groups in total. The minimum atomic E-state index is 1.12. The molecule has 46 heavy (non-hydrogen) atoms. The highest BCUT2D eigenvalue weighted by atomic mass is 32.1. The molecule has 0 aliphatic heterocycles. The molecule has 0 aliphatic carbocycles. The average molecular weight is 604 g/mol. The molecule has 0 radical (unpaired) electrons. The van der Waals surface area contributed by atoms with E-state index in [0.29, 0.717) is 0 Å². The van der Waals surface area contributed by atoms with E-state index in [2.05, 4.69) is 181 Å². The Balaban J connectivity index is 1.21. The predicted octanol–water partition coefficient (Wildman–Crippen LogP) is 13.2. The third-order valence-electron chi connectivity index (χ3n) is 9.03. The van der Waals surface area contributed by atoms with E-state index in [0.717, 1.165) is 17.1 Å². The van der Waals surface area contributed by atoms with Gasteiger partial charge in [0.15, 0.2) is 0 Å². The van der Waals surface area contributed by atoms with Crippen molar-refractivity contribution in [3.63, 3.8) is 0 Å². The number of thiophene rings is 1. The molecule has 0 saturated heterocycles. The normalized spacial score (nSPS) is 11.5. The highest BCUT2D eigenvalue weighted by Gasteiger charge is 2.17. The van der Waals surface area contributed by atoms with Gasteiger partial charge in [0.2, 0.25) is 0 Å². The van der Waals surface area contributed by atoms with E-state index < -0.39 is 0 Å².